The van der Waals surface area contributed by atoms with Gasteiger partial charge in [-0.3, -0.25) is 0 Å². The van der Waals surface area contributed by atoms with Crippen LogP contribution in [0, 0.1) is 0 Å². The average molecular weight is 294 g/mol. The van der Waals surface area contributed by atoms with Gasteiger partial charge in [-0.15, -0.1) is 24.4 Å². The topological polar surface area (TPSA) is 0 Å². The first-order valence-electron chi connectivity index (χ1n) is 3.09. The maximum atomic E-state index is 5.93. The molecule has 0 spiro atoms. The van der Waals surface area contributed by atoms with Gasteiger partial charge >= 0.3 is 0 Å². The van der Waals surface area contributed by atoms with Crippen molar-refractivity contribution in [3.8, 4) is 0 Å². The smallest absolute Gasteiger partial charge is 0.0755 e. The van der Waals surface area contributed by atoms with Crippen molar-refractivity contribution in [3.05, 3.63) is 20.1 Å². The van der Waals surface area contributed by atoms with Crippen LogP contribution in [-0.4, -0.2) is 6.26 Å². The Bertz CT molecular complexity index is 322. The van der Waals surface area contributed by atoms with Gasteiger partial charge in [0.15, 0.2) is 0 Å². The van der Waals surface area contributed by atoms with Crippen LogP contribution in [0.5, 0.6) is 0 Å². The van der Waals surface area contributed by atoms with Crippen molar-refractivity contribution < 1.29 is 0 Å². The first-order chi connectivity index (χ1) is 6.00. The lowest BCUT2D eigenvalue weighted by molar-refractivity contribution is 1.36. The second kappa shape index (κ2) is 4.73. The fourth-order valence-electron chi connectivity index (χ4n) is 0.779. The van der Waals surface area contributed by atoms with Crippen LogP contribution in [0.2, 0.25) is 20.1 Å². The van der Waals surface area contributed by atoms with Gasteiger partial charge in [0.25, 0.3) is 0 Å². The van der Waals surface area contributed by atoms with Gasteiger partial charge in [-0.25, -0.2) is 0 Å². The molecule has 1 aromatic carbocycles. The molecular weight excluding hydrogens is 290 g/mol. The maximum Gasteiger partial charge on any atom is 0.0755 e. The Kier molecular flexibility index (Phi) is 4.42. The van der Waals surface area contributed by atoms with Crippen molar-refractivity contribution in [1.29, 1.82) is 0 Å². The molecule has 0 aromatic heterocycles. The molecule has 0 nitrogen and oxygen atoms in total. The summed E-state index contributed by atoms with van der Waals surface area (Å²) in [4.78, 5) is 1.09. The summed E-state index contributed by atoms with van der Waals surface area (Å²) in [6, 6.07) is 0. The third-order valence-corrected chi connectivity index (χ3v) is 4.86. The summed E-state index contributed by atoms with van der Waals surface area (Å²) in [7, 11) is 0. The van der Waals surface area contributed by atoms with E-state index in [0.717, 1.165) is 0 Å². The molecule has 0 radical (unpaired) electrons. The summed E-state index contributed by atoms with van der Waals surface area (Å²) in [6.07, 6.45) is 1.85. The molecule has 1 rings (SSSR count). The highest BCUT2D eigenvalue weighted by Crippen LogP contribution is 2.46. The molecule has 6 heteroatoms. The van der Waals surface area contributed by atoms with Gasteiger partial charge < -0.3 is 0 Å². The largest absolute Gasteiger partial charge is 0.140 e. The maximum absolute atomic E-state index is 5.93. The van der Waals surface area contributed by atoms with Crippen molar-refractivity contribution in [2.75, 3.05) is 6.26 Å². The van der Waals surface area contributed by atoms with Gasteiger partial charge in [0.05, 0.1) is 20.1 Å². The molecule has 0 heterocycles. The highest BCUT2D eigenvalue weighted by molar-refractivity contribution is 7.98. The van der Waals surface area contributed by atoms with E-state index in [0.29, 0.717) is 29.9 Å². The minimum absolute atomic E-state index is 0.337. The van der Waals surface area contributed by atoms with Crippen molar-refractivity contribution in [1.82, 2.24) is 0 Å². The van der Waals surface area contributed by atoms with E-state index >= 15 is 0 Å². The van der Waals surface area contributed by atoms with Crippen LogP contribution in [0.4, 0.5) is 0 Å². The minimum atomic E-state index is 0.337. The summed E-state index contributed by atoms with van der Waals surface area (Å²) in [6.45, 7) is 0. The minimum Gasteiger partial charge on any atom is -0.140 e. The van der Waals surface area contributed by atoms with Gasteiger partial charge in [-0.2, -0.15) is 0 Å². The quantitative estimate of drug-likeness (QED) is 0.416. The molecule has 0 aliphatic rings. The average Bonchev–Trinajstić information content (AvgIpc) is 2.13. The molecule has 72 valence electrons. The van der Waals surface area contributed by atoms with Gasteiger partial charge in [-0.1, -0.05) is 46.4 Å². The Morgan fingerprint density at radius 1 is 0.923 bits per heavy atom. The molecule has 1 aromatic rings. The van der Waals surface area contributed by atoms with Crippen LogP contribution in [0.1, 0.15) is 0 Å². The molecule has 0 saturated carbocycles. The lowest BCUT2D eigenvalue weighted by Crippen LogP contribution is -1.83. The second-order valence-electron chi connectivity index (χ2n) is 2.14. The summed E-state index contributed by atoms with van der Waals surface area (Å²) < 4.78 is 0. The molecule has 0 bridgehead atoms. The van der Waals surface area contributed by atoms with Crippen LogP contribution >= 0.6 is 70.8 Å². The summed E-state index contributed by atoms with van der Waals surface area (Å²) in [5, 5.41) is 1.47. The van der Waals surface area contributed by atoms with Crippen molar-refractivity contribution >= 4 is 70.8 Å². The van der Waals surface area contributed by atoms with Gasteiger partial charge in [0.2, 0.25) is 0 Å². The van der Waals surface area contributed by atoms with Crippen molar-refractivity contribution in [2.24, 2.45) is 0 Å². The Hall–Kier alpha value is 1.08. The van der Waals surface area contributed by atoms with Crippen LogP contribution in [0.3, 0.4) is 0 Å². The summed E-state index contributed by atoms with van der Waals surface area (Å²) >= 11 is 29.1. The monoisotopic (exact) mass is 292 g/mol. The number of rotatable bonds is 1. The third kappa shape index (κ3) is 2.19. The first kappa shape index (κ1) is 12.2. The van der Waals surface area contributed by atoms with E-state index < -0.39 is 0 Å². The van der Waals surface area contributed by atoms with Crippen molar-refractivity contribution in [2.45, 2.75) is 9.79 Å². The predicted molar refractivity (Wildman–Crippen MR) is 65.5 cm³/mol. The molecular formula is C7H4Cl4S2. The number of hydrogen-bond acceptors (Lipinski definition) is 2. The number of thioether (sulfide) groups is 1. The van der Waals surface area contributed by atoms with Crippen LogP contribution in [-0.2, 0) is 0 Å². The normalized spacial score (nSPS) is 10.6. The zero-order valence-electron chi connectivity index (χ0n) is 6.37. The Labute approximate surface area is 106 Å². The highest BCUT2D eigenvalue weighted by Gasteiger charge is 2.17. The zero-order chi connectivity index (χ0) is 10.2. The highest BCUT2D eigenvalue weighted by atomic mass is 35.5. The van der Waals surface area contributed by atoms with Crippen LogP contribution in [0.15, 0.2) is 9.79 Å². The fraction of sp³-hybridized carbons (Fsp3) is 0.143. The molecule has 0 aliphatic heterocycles. The molecule has 0 amide bonds. The number of halogens is 4. The lowest BCUT2D eigenvalue weighted by atomic mass is 10.3. The summed E-state index contributed by atoms with van der Waals surface area (Å²) in [5.74, 6) is 0. The molecule has 0 aliphatic carbocycles. The number of benzene rings is 1. The van der Waals surface area contributed by atoms with Gasteiger partial charge in [-0.05, 0) is 6.26 Å². The molecule has 0 atom stereocenters. The van der Waals surface area contributed by atoms with E-state index in [2.05, 4.69) is 12.6 Å². The third-order valence-electron chi connectivity index (χ3n) is 1.40. The predicted octanol–water partition coefficient (Wildman–Crippen LogP) is 5.31. The first-order valence-corrected chi connectivity index (χ1v) is 6.28. The van der Waals surface area contributed by atoms with E-state index in [4.69, 9.17) is 46.4 Å². The Morgan fingerprint density at radius 3 is 1.62 bits per heavy atom. The summed E-state index contributed by atoms with van der Waals surface area (Å²) in [5.41, 5.74) is 0. The van der Waals surface area contributed by atoms with Crippen LogP contribution < -0.4 is 0 Å². The van der Waals surface area contributed by atoms with E-state index in [1.165, 1.54) is 11.8 Å². The molecule has 0 unspecified atom stereocenters. The van der Waals surface area contributed by atoms with E-state index in [-0.39, 0.29) is 0 Å². The Balaban J connectivity index is 3.56. The molecule has 0 N–H and O–H groups in total. The fourth-order valence-corrected chi connectivity index (χ4v) is 3.12. The molecule has 0 saturated heterocycles. The lowest BCUT2D eigenvalue weighted by Gasteiger charge is -2.10. The van der Waals surface area contributed by atoms with E-state index in [1.807, 2.05) is 6.26 Å². The Morgan fingerprint density at radius 2 is 1.31 bits per heavy atom. The van der Waals surface area contributed by atoms with E-state index in [9.17, 15) is 0 Å². The SMILES string of the molecule is CSc1c(Cl)c(Cl)c(S)c(Cl)c1Cl. The number of thiol groups is 1. The van der Waals surface area contributed by atoms with E-state index in [1.54, 1.807) is 0 Å². The van der Waals surface area contributed by atoms with Crippen LogP contribution in [0.25, 0.3) is 0 Å². The molecule has 13 heavy (non-hydrogen) atoms. The second-order valence-corrected chi connectivity index (χ2v) is 4.91. The van der Waals surface area contributed by atoms with Gasteiger partial charge in [0.1, 0.15) is 0 Å². The van der Waals surface area contributed by atoms with Gasteiger partial charge in [0, 0.05) is 9.79 Å². The number of hydrogen-bond donors (Lipinski definition) is 1. The molecule has 0 fully saturated rings. The standard InChI is InChI=1S/C7H4Cl4S2/c1-13-7-4(10)2(8)6(12)3(9)5(7)11/h12H,1H3. The zero-order valence-corrected chi connectivity index (χ0v) is 11.1. The van der Waals surface area contributed by atoms with Crippen molar-refractivity contribution in [3.63, 3.8) is 0 Å².